The summed E-state index contributed by atoms with van der Waals surface area (Å²) in [7, 11) is 0. The molecule has 2 aromatic heterocycles. The van der Waals surface area contributed by atoms with Crippen LogP contribution in [-0.4, -0.2) is 15.7 Å². The topological polar surface area (TPSA) is 46.9 Å². The molecule has 0 radical (unpaired) electrons. The highest BCUT2D eigenvalue weighted by atomic mass is 32.1. The highest BCUT2D eigenvalue weighted by Gasteiger charge is 2.25. The van der Waals surface area contributed by atoms with Crippen molar-refractivity contribution in [3.8, 4) is 0 Å². The van der Waals surface area contributed by atoms with E-state index in [0.29, 0.717) is 6.42 Å². The predicted octanol–water partition coefficient (Wildman–Crippen LogP) is 4.51. The number of aromatic nitrogens is 2. The fraction of sp³-hybridized carbons (Fsp3) is 0.364. The van der Waals surface area contributed by atoms with E-state index >= 15 is 0 Å². The largest absolute Gasteiger partial charge is 0.349 e. The van der Waals surface area contributed by atoms with E-state index in [9.17, 15) is 4.79 Å². The molecule has 1 atom stereocenters. The molecule has 1 aliphatic rings. The molecule has 1 aromatic carbocycles. The number of fused-ring (bicyclic) bond motifs is 1. The second kappa shape index (κ2) is 8.53. The van der Waals surface area contributed by atoms with E-state index in [1.165, 1.54) is 21.7 Å². The average molecular weight is 380 g/mol. The van der Waals surface area contributed by atoms with Crippen molar-refractivity contribution < 1.29 is 4.79 Å². The monoisotopic (exact) mass is 379 g/mol. The minimum absolute atomic E-state index is 0.104. The number of aryl methyl sites for hydroxylation is 1. The minimum Gasteiger partial charge on any atom is -0.349 e. The highest BCUT2D eigenvalue weighted by molar-refractivity contribution is 7.09. The molecular formula is C22H25N3OS. The fourth-order valence-electron chi connectivity index (χ4n) is 3.81. The number of nitrogens with one attached hydrogen (secondary N) is 1. The molecule has 4 nitrogen and oxygen atoms in total. The summed E-state index contributed by atoms with van der Waals surface area (Å²) in [6, 6.07) is 14.7. The lowest BCUT2D eigenvalue weighted by Crippen LogP contribution is -2.31. The van der Waals surface area contributed by atoms with Gasteiger partial charge in [0.1, 0.15) is 0 Å². The van der Waals surface area contributed by atoms with Gasteiger partial charge < -0.3 is 5.32 Å². The molecule has 4 rings (SSSR count). The molecule has 3 aromatic rings. The number of nitrogens with zero attached hydrogens (tertiary/aromatic N) is 2. The van der Waals surface area contributed by atoms with E-state index in [1.54, 1.807) is 11.3 Å². The van der Waals surface area contributed by atoms with Gasteiger partial charge in [-0.05, 0) is 49.1 Å². The fourth-order valence-corrected chi connectivity index (χ4v) is 4.56. The van der Waals surface area contributed by atoms with Crippen LogP contribution in [-0.2, 0) is 24.2 Å². The van der Waals surface area contributed by atoms with Gasteiger partial charge in [-0.1, -0.05) is 36.4 Å². The van der Waals surface area contributed by atoms with Gasteiger partial charge in [0.2, 0.25) is 5.91 Å². The Morgan fingerprint density at radius 2 is 2.11 bits per heavy atom. The predicted molar refractivity (Wildman–Crippen MR) is 109 cm³/mol. The van der Waals surface area contributed by atoms with Gasteiger partial charge in [0.25, 0.3) is 0 Å². The van der Waals surface area contributed by atoms with Crippen LogP contribution in [0.3, 0.4) is 0 Å². The minimum atomic E-state index is 0.104. The number of amides is 1. The third-order valence-corrected chi connectivity index (χ3v) is 6.12. The zero-order valence-electron chi connectivity index (χ0n) is 15.4. The van der Waals surface area contributed by atoms with Gasteiger partial charge in [-0.25, -0.2) is 0 Å². The number of hydrogen-bond acceptors (Lipinski definition) is 3. The number of thiophene rings is 1. The SMILES string of the molecule is O=C(CCCc1cccs1)NC1CCCc2c1cnn2Cc1ccccc1. The normalized spacial score (nSPS) is 16.1. The van der Waals surface area contributed by atoms with Crippen molar-refractivity contribution in [1.82, 2.24) is 15.1 Å². The first-order chi connectivity index (χ1) is 13.3. The Labute approximate surface area is 164 Å². The molecule has 0 fully saturated rings. The van der Waals surface area contributed by atoms with E-state index in [0.717, 1.165) is 38.6 Å². The number of carbonyl (C=O) groups excluding carboxylic acids is 1. The van der Waals surface area contributed by atoms with Crippen molar-refractivity contribution >= 4 is 17.2 Å². The van der Waals surface area contributed by atoms with Crippen LogP contribution >= 0.6 is 11.3 Å². The van der Waals surface area contributed by atoms with Gasteiger partial charge in [0.15, 0.2) is 0 Å². The zero-order chi connectivity index (χ0) is 18.5. The van der Waals surface area contributed by atoms with Crippen LogP contribution in [0.2, 0.25) is 0 Å². The highest BCUT2D eigenvalue weighted by Crippen LogP contribution is 2.30. The van der Waals surface area contributed by atoms with Gasteiger partial charge in [0, 0.05) is 22.6 Å². The van der Waals surface area contributed by atoms with Crippen molar-refractivity contribution in [1.29, 1.82) is 0 Å². The number of hydrogen-bond donors (Lipinski definition) is 1. The lowest BCUT2D eigenvalue weighted by atomic mass is 9.92. The maximum atomic E-state index is 12.4. The van der Waals surface area contributed by atoms with Gasteiger partial charge in [-0.2, -0.15) is 5.10 Å². The summed E-state index contributed by atoms with van der Waals surface area (Å²) in [5.41, 5.74) is 3.72. The van der Waals surface area contributed by atoms with E-state index in [1.807, 2.05) is 12.3 Å². The average Bonchev–Trinajstić information content (AvgIpc) is 3.34. The maximum absolute atomic E-state index is 12.4. The van der Waals surface area contributed by atoms with Gasteiger partial charge >= 0.3 is 0 Å². The number of benzene rings is 1. The summed E-state index contributed by atoms with van der Waals surface area (Å²) in [5, 5.41) is 9.95. The molecule has 0 aliphatic heterocycles. The first-order valence-corrected chi connectivity index (χ1v) is 10.6. The molecule has 0 bridgehead atoms. The smallest absolute Gasteiger partial charge is 0.220 e. The molecule has 1 unspecified atom stereocenters. The van der Waals surface area contributed by atoms with Crippen LogP contribution in [0, 0.1) is 0 Å². The lowest BCUT2D eigenvalue weighted by Gasteiger charge is -2.24. The molecule has 1 amide bonds. The second-order valence-electron chi connectivity index (χ2n) is 7.14. The van der Waals surface area contributed by atoms with Crippen LogP contribution in [0.5, 0.6) is 0 Å². The second-order valence-corrected chi connectivity index (χ2v) is 8.17. The van der Waals surface area contributed by atoms with Crippen LogP contribution in [0.15, 0.2) is 54.0 Å². The maximum Gasteiger partial charge on any atom is 0.220 e. The van der Waals surface area contributed by atoms with Gasteiger partial charge in [-0.15, -0.1) is 11.3 Å². The molecule has 0 saturated carbocycles. The summed E-state index contributed by atoms with van der Waals surface area (Å²) < 4.78 is 2.10. The molecule has 2 heterocycles. The van der Waals surface area contributed by atoms with Crippen molar-refractivity contribution in [3.63, 3.8) is 0 Å². The molecule has 0 saturated heterocycles. The Bertz CT molecular complexity index is 870. The van der Waals surface area contributed by atoms with Crippen molar-refractivity contribution in [3.05, 3.63) is 75.7 Å². The van der Waals surface area contributed by atoms with Crippen LogP contribution in [0.4, 0.5) is 0 Å². The van der Waals surface area contributed by atoms with E-state index in [-0.39, 0.29) is 11.9 Å². The third kappa shape index (κ3) is 4.48. The van der Waals surface area contributed by atoms with Crippen LogP contribution < -0.4 is 5.32 Å². The standard InChI is InChI=1S/C22H25N3OS/c26-22(13-4-9-18-10-6-14-27-18)24-20-11-5-12-21-19(20)15-23-25(21)16-17-7-2-1-3-8-17/h1-3,6-8,10,14-15,20H,4-5,9,11-13,16H2,(H,24,26). The quantitative estimate of drug-likeness (QED) is 0.656. The van der Waals surface area contributed by atoms with Crippen LogP contribution in [0.25, 0.3) is 0 Å². The van der Waals surface area contributed by atoms with Crippen molar-refractivity contribution in [2.45, 2.75) is 51.1 Å². The Morgan fingerprint density at radius 1 is 1.22 bits per heavy atom. The number of carbonyl (C=O) groups is 1. The first-order valence-electron chi connectivity index (χ1n) is 9.70. The molecule has 27 heavy (non-hydrogen) atoms. The molecule has 1 aliphatic carbocycles. The Morgan fingerprint density at radius 3 is 2.93 bits per heavy atom. The first kappa shape index (κ1) is 18.0. The van der Waals surface area contributed by atoms with Gasteiger partial charge in [-0.3, -0.25) is 9.48 Å². The summed E-state index contributed by atoms with van der Waals surface area (Å²) in [4.78, 5) is 13.8. The van der Waals surface area contributed by atoms with E-state index < -0.39 is 0 Å². The summed E-state index contributed by atoms with van der Waals surface area (Å²) in [6.07, 6.45) is 7.55. The molecule has 1 N–H and O–H groups in total. The lowest BCUT2D eigenvalue weighted by molar-refractivity contribution is -0.122. The summed E-state index contributed by atoms with van der Waals surface area (Å²) >= 11 is 1.76. The van der Waals surface area contributed by atoms with E-state index in [4.69, 9.17) is 0 Å². The third-order valence-electron chi connectivity index (χ3n) is 5.18. The van der Waals surface area contributed by atoms with E-state index in [2.05, 4.69) is 56.9 Å². The Hall–Kier alpha value is -2.40. The summed E-state index contributed by atoms with van der Waals surface area (Å²) in [6.45, 7) is 0.789. The van der Waals surface area contributed by atoms with Crippen LogP contribution in [0.1, 0.15) is 53.4 Å². The summed E-state index contributed by atoms with van der Waals surface area (Å²) in [5.74, 6) is 0.153. The molecule has 0 spiro atoms. The molecular weight excluding hydrogens is 354 g/mol. The Kier molecular flexibility index (Phi) is 5.68. The zero-order valence-corrected chi connectivity index (χ0v) is 16.3. The Balaban J connectivity index is 1.36. The molecule has 5 heteroatoms. The van der Waals surface area contributed by atoms with Crippen molar-refractivity contribution in [2.24, 2.45) is 0 Å². The van der Waals surface area contributed by atoms with Crippen molar-refractivity contribution in [2.75, 3.05) is 0 Å². The molecule has 140 valence electrons. The van der Waals surface area contributed by atoms with Gasteiger partial charge in [0.05, 0.1) is 18.8 Å². The number of rotatable bonds is 7.